The SMILES string of the molecule is C=C1CCC(N2C(=O)c3cccc(OCc4ccc(CN5CCN(CC(F)(F)F)CC5)cc4)c3C2=O)C(=O)N1. The summed E-state index contributed by atoms with van der Waals surface area (Å²) < 4.78 is 43.7. The molecule has 0 aromatic heterocycles. The van der Waals surface area contributed by atoms with Gasteiger partial charge < -0.3 is 10.1 Å². The maximum atomic E-state index is 13.2. The number of halogens is 3. The number of carbonyl (C=O) groups is 3. The van der Waals surface area contributed by atoms with Crippen molar-refractivity contribution in [1.82, 2.24) is 20.0 Å². The van der Waals surface area contributed by atoms with Gasteiger partial charge in [-0.15, -0.1) is 0 Å². The highest BCUT2D eigenvalue weighted by atomic mass is 19.4. The first-order valence-electron chi connectivity index (χ1n) is 12.8. The highest BCUT2D eigenvalue weighted by Crippen LogP contribution is 2.34. The first-order valence-corrected chi connectivity index (χ1v) is 12.8. The molecule has 1 N–H and O–H groups in total. The highest BCUT2D eigenvalue weighted by molar-refractivity contribution is 6.24. The molecule has 1 atom stereocenters. The minimum Gasteiger partial charge on any atom is -0.488 e. The lowest BCUT2D eigenvalue weighted by Crippen LogP contribution is -2.51. The van der Waals surface area contributed by atoms with Crippen molar-refractivity contribution < 1.29 is 32.3 Å². The average Bonchev–Trinajstić information content (AvgIpc) is 3.14. The molecule has 3 amide bonds. The van der Waals surface area contributed by atoms with Crippen molar-refractivity contribution in [3.05, 3.63) is 77.0 Å². The fourth-order valence-electron chi connectivity index (χ4n) is 5.20. The van der Waals surface area contributed by atoms with Gasteiger partial charge in [-0.3, -0.25) is 29.1 Å². The summed E-state index contributed by atoms with van der Waals surface area (Å²) in [6, 6.07) is 11.6. The zero-order valence-corrected chi connectivity index (χ0v) is 21.3. The van der Waals surface area contributed by atoms with E-state index in [1.54, 1.807) is 18.2 Å². The number of nitrogens with one attached hydrogen (secondary N) is 1. The Hall–Kier alpha value is -3.70. The lowest BCUT2D eigenvalue weighted by atomic mass is 10.0. The zero-order valence-electron chi connectivity index (χ0n) is 21.3. The number of imide groups is 1. The number of nitrogens with zero attached hydrogens (tertiary/aromatic N) is 3. The number of piperidine rings is 1. The monoisotopic (exact) mass is 542 g/mol. The molecule has 5 rings (SSSR count). The molecule has 39 heavy (non-hydrogen) atoms. The van der Waals surface area contributed by atoms with E-state index in [9.17, 15) is 27.6 Å². The van der Waals surface area contributed by atoms with Crippen LogP contribution < -0.4 is 10.1 Å². The van der Waals surface area contributed by atoms with Crippen molar-refractivity contribution in [2.75, 3.05) is 32.7 Å². The van der Waals surface area contributed by atoms with E-state index in [4.69, 9.17) is 4.74 Å². The summed E-state index contributed by atoms with van der Waals surface area (Å²) in [5.41, 5.74) is 2.81. The van der Waals surface area contributed by atoms with Gasteiger partial charge in [0.2, 0.25) is 5.91 Å². The number of alkyl halides is 3. The van der Waals surface area contributed by atoms with Crippen LogP contribution in [-0.2, 0) is 17.9 Å². The van der Waals surface area contributed by atoms with Crippen LogP contribution in [0.2, 0.25) is 0 Å². The van der Waals surface area contributed by atoms with Gasteiger partial charge in [-0.05, 0) is 36.1 Å². The fraction of sp³-hybridized carbons (Fsp3) is 0.393. The van der Waals surface area contributed by atoms with E-state index >= 15 is 0 Å². The molecule has 2 aromatic carbocycles. The maximum absolute atomic E-state index is 13.2. The fourth-order valence-corrected chi connectivity index (χ4v) is 5.20. The first-order chi connectivity index (χ1) is 18.6. The Morgan fingerprint density at radius 2 is 1.59 bits per heavy atom. The number of hydrogen-bond acceptors (Lipinski definition) is 6. The maximum Gasteiger partial charge on any atom is 0.401 e. The van der Waals surface area contributed by atoms with Crippen LogP contribution in [0.1, 0.15) is 44.7 Å². The molecule has 11 heteroatoms. The van der Waals surface area contributed by atoms with Crippen molar-refractivity contribution in [2.45, 2.75) is 38.2 Å². The summed E-state index contributed by atoms with van der Waals surface area (Å²) >= 11 is 0. The van der Waals surface area contributed by atoms with E-state index in [1.165, 1.54) is 4.90 Å². The van der Waals surface area contributed by atoms with Gasteiger partial charge in [-0.25, -0.2) is 0 Å². The Balaban J connectivity index is 1.18. The third-order valence-electron chi connectivity index (χ3n) is 7.23. The van der Waals surface area contributed by atoms with E-state index in [1.807, 2.05) is 24.3 Å². The van der Waals surface area contributed by atoms with Crippen LogP contribution >= 0.6 is 0 Å². The smallest absolute Gasteiger partial charge is 0.401 e. The van der Waals surface area contributed by atoms with Gasteiger partial charge >= 0.3 is 6.18 Å². The third kappa shape index (κ3) is 5.99. The Bertz CT molecular complexity index is 1290. The predicted molar refractivity (Wildman–Crippen MR) is 136 cm³/mol. The van der Waals surface area contributed by atoms with Gasteiger partial charge in [0, 0.05) is 38.4 Å². The summed E-state index contributed by atoms with van der Waals surface area (Å²) in [7, 11) is 0. The van der Waals surface area contributed by atoms with E-state index in [0.29, 0.717) is 51.3 Å². The Morgan fingerprint density at radius 3 is 2.26 bits per heavy atom. The van der Waals surface area contributed by atoms with E-state index in [0.717, 1.165) is 16.0 Å². The topological polar surface area (TPSA) is 82.2 Å². The minimum absolute atomic E-state index is 0.154. The standard InChI is InChI=1S/C28H29F3N4O4/c1-18-5-10-22(25(36)32-18)35-26(37)21-3-2-4-23(24(21)27(35)38)39-16-20-8-6-19(7-9-20)15-33-11-13-34(14-12-33)17-28(29,30)31/h2-4,6-9,22H,1,5,10-17H2,(H,32,36). The van der Waals surface area contributed by atoms with Crippen molar-refractivity contribution in [2.24, 2.45) is 0 Å². The Kier molecular flexibility index (Phi) is 7.46. The number of hydrogen-bond donors (Lipinski definition) is 1. The van der Waals surface area contributed by atoms with Gasteiger partial charge in [0.05, 0.1) is 17.7 Å². The van der Waals surface area contributed by atoms with Gasteiger partial charge in [0.15, 0.2) is 0 Å². The third-order valence-corrected chi connectivity index (χ3v) is 7.23. The molecule has 3 aliphatic heterocycles. The van der Waals surface area contributed by atoms with Crippen LogP contribution in [0.25, 0.3) is 0 Å². The van der Waals surface area contributed by atoms with Crippen LogP contribution in [0.4, 0.5) is 13.2 Å². The summed E-state index contributed by atoms with van der Waals surface area (Å²) in [6.07, 6.45) is -3.37. The van der Waals surface area contributed by atoms with Crippen LogP contribution in [0.3, 0.4) is 0 Å². The minimum atomic E-state index is -4.18. The number of fused-ring (bicyclic) bond motifs is 1. The van der Waals surface area contributed by atoms with E-state index in [-0.39, 0.29) is 23.5 Å². The second kappa shape index (κ2) is 10.8. The van der Waals surface area contributed by atoms with Gasteiger partial charge in [0.25, 0.3) is 11.8 Å². The van der Waals surface area contributed by atoms with Crippen LogP contribution in [0.5, 0.6) is 5.75 Å². The molecule has 0 saturated carbocycles. The summed E-state index contributed by atoms with van der Waals surface area (Å²) in [5.74, 6) is -1.22. The second-order valence-electron chi connectivity index (χ2n) is 10.1. The number of carbonyl (C=O) groups excluding carboxylic acids is 3. The molecule has 3 aliphatic rings. The lowest BCUT2D eigenvalue weighted by Gasteiger charge is -2.35. The molecule has 2 saturated heterocycles. The van der Waals surface area contributed by atoms with E-state index in [2.05, 4.69) is 16.8 Å². The molecular formula is C28H29F3N4O4. The van der Waals surface area contributed by atoms with Gasteiger partial charge in [-0.2, -0.15) is 13.2 Å². The molecule has 206 valence electrons. The number of ether oxygens (including phenoxy) is 1. The Labute approximate surface area is 224 Å². The Morgan fingerprint density at radius 1 is 0.923 bits per heavy atom. The van der Waals surface area contributed by atoms with Gasteiger partial charge in [-0.1, -0.05) is 36.9 Å². The predicted octanol–water partition coefficient (Wildman–Crippen LogP) is 3.33. The quantitative estimate of drug-likeness (QED) is 0.541. The normalized spacial score (nSPS) is 20.8. The molecule has 0 aliphatic carbocycles. The van der Waals surface area contributed by atoms with E-state index < -0.39 is 36.5 Å². The molecule has 1 unspecified atom stereocenters. The van der Waals surface area contributed by atoms with Crippen molar-refractivity contribution in [3.63, 3.8) is 0 Å². The lowest BCUT2D eigenvalue weighted by molar-refractivity contribution is -0.149. The summed E-state index contributed by atoms with van der Waals surface area (Å²) in [5, 5.41) is 2.62. The molecular weight excluding hydrogens is 513 g/mol. The largest absolute Gasteiger partial charge is 0.488 e. The molecule has 3 heterocycles. The highest BCUT2D eigenvalue weighted by Gasteiger charge is 2.45. The molecule has 2 aromatic rings. The number of allylic oxidation sites excluding steroid dienone is 1. The summed E-state index contributed by atoms with van der Waals surface area (Å²) in [4.78, 5) is 43.3. The second-order valence-corrected chi connectivity index (χ2v) is 10.1. The molecule has 8 nitrogen and oxygen atoms in total. The number of amides is 3. The zero-order chi connectivity index (χ0) is 27.7. The van der Waals surface area contributed by atoms with Crippen molar-refractivity contribution in [3.8, 4) is 5.75 Å². The van der Waals surface area contributed by atoms with Crippen LogP contribution in [0, 0.1) is 0 Å². The summed E-state index contributed by atoms with van der Waals surface area (Å²) in [6.45, 7) is 5.58. The number of piperazine rings is 1. The van der Waals surface area contributed by atoms with Gasteiger partial charge in [0.1, 0.15) is 18.4 Å². The molecule has 2 fully saturated rings. The van der Waals surface area contributed by atoms with Crippen LogP contribution in [-0.4, -0.2) is 77.4 Å². The van der Waals surface area contributed by atoms with Crippen molar-refractivity contribution in [1.29, 1.82) is 0 Å². The average molecular weight is 543 g/mol. The number of rotatable bonds is 7. The van der Waals surface area contributed by atoms with Crippen molar-refractivity contribution >= 4 is 17.7 Å². The number of benzene rings is 2. The molecule has 0 radical (unpaired) electrons. The molecule has 0 spiro atoms. The van der Waals surface area contributed by atoms with Crippen LogP contribution in [0.15, 0.2) is 54.7 Å². The first kappa shape index (κ1) is 26.9. The molecule has 0 bridgehead atoms.